The van der Waals surface area contributed by atoms with E-state index in [0.717, 1.165) is 42.5 Å². The SMILES string of the molecule is Brc1ncnc2c1CC=N2.C[C@@H](N)c1oc2ccc(Br)cc2c(=O)c1-c1ccccc1.C[C@@H](Nc1ncnc2nc[nH]c12)c1oc2ccc(Br)cc2c(=O)c1-c1ccccc1. The third-order valence-corrected chi connectivity index (χ3v) is 11.3. The summed E-state index contributed by atoms with van der Waals surface area (Å²) in [6, 6.07) is 29.1. The van der Waals surface area contributed by atoms with Gasteiger partial charge < -0.3 is 24.9 Å². The molecule has 304 valence electrons. The Hall–Kier alpha value is -6.20. The maximum atomic E-state index is 13.5. The molecule has 1 aliphatic rings. The standard InChI is InChI=1S/C22H16BrN5O2.C17H14BrNO2.C6H4BrN3/c1-12(28-22-18-21(25-10-24-18)26-11-27-22)20-17(13-5-3-2-4-6-13)19(29)15-9-14(23)7-8-16(15)30-20;1-10(19)17-15(11-5-3-2-4-6-11)16(20)13-9-12(18)7-8-14(13)21-17;7-5-4-1-2-8-6(4)10-3-9-5/h2-12H,1H3,(H2,24,25,26,27,28);2-10H,19H2,1H3;2-3H,1H2/t12-;10-;/m11./s1. The van der Waals surface area contributed by atoms with Crippen molar-refractivity contribution in [3.05, 3.63) is 167 Å². The molecule has 6 heterocycles. The van der Waals surface area contributed by atoms with Crippen molar-refractivity contribution in [1.82, 2.24) is 29.9 Å². The second-order valence-electron chi connectivity index (χ2n) is 13.8. The topological polar surface area (TPSA) is 191 Å². The van der Waals surface area contributed by atoms with E-state index in [-0.39, 0.29) is 22.9 Å². The van der Waals surface area contributed by atoms with Crippen molar-refractivity contribution in [2.75, 3.05) is 5.32 Å². The molecule has 13 nitrogen and oxygen atoms in total. The lowest BCUT2D eigenvalue weighted by atomic mass is 9.99. The largest absolute Gasteiger partial charge is 0.459 e. The van der Waals surface area contributed by atoms with Gasteiger partial charge in [0.15, 0.2) is 17.3 Å². The van der Waals surface area contributed by atoms with Crippen molar-refractivity contribution in [2.45, 2.75) is 32.4 Å². The third-order valence-electron chi connectivity index (χ3n) is 9.65. The molecule has 0 spiro atoms. The van der Waals surface area contributed by atoms with Gasteiger partial charge in [-0.2, -0.15) is 0 Å². The van der Waals surface area contributed by atoms with Gasteiger partial charge in [0.05, 0.1) is 40.3 Å². The molecule has 0 saturated carbocycles. The summed E-state index contributed by atoms with van der Waals surface area (Å²) in [5.41, 5.74) is 12.0. The highest BCUT2D eigenvalue weighted by molar-refractivity contribution is 9.11. The predicted octanol–water partition coefficient (Wildman–Crippen LogP) is 10.8. The van der Waals surface area contributed by atoms with Gasteiger partial charge in [-0.3, -0.25) is 9.59 Å². The summed E-state index contributed by atoms with van der Waals surface area (Å²) < 4.78 is 14.7. The minimum absolute atomic E-state index is 0.0592. The Morgan fingerprint density at radius 3 is 1.87 bits per heavy atom. The van der Waals surface area contributed by atoms with E-state index >= 15 is 0 Å². The summed E-state index contributed by atoms with van der Waals surface area (Å²) in [6.45, 7) is 3.75. The van der Waals surface area contributed by atoms with Crippen molar-refractivity contribution in [3.8, 4) is 22.3 Å². The van der Waals surface area contributed by atoms with Gasteiger partial charge in [-0.25, -0.2) is 29.9 Å². The molecule has 0 fully saturated rings. The molecule has 16 heteroatoms. The number of nitrogens with one attached hydrogen (secondary N) is 2. The maximum absolute atomic E-state index is 13.5. The first kappa shape index (κ1) is 41.5. The van der Waals surface area contributed by atoms with Gasteiger partial charge in [-0.1, -0.05) is 92.5 Å². The zero-order chi connectivity index (χ0) is 42.6. The summed E-state index contributed by atoms with van der Waals surface area (Å²) in [7, 11) is 0. The molecular weight excluding hydrogens is 970 g/mol. The van der Waals surface area contributed by atoms with Crippen LogP contribution in [0.2, 0.25) is 0 Å². The highest BCUT2D eigenvalue weighted by Gasteiger charge is 2.23. The predicted molar refractivity (Wildman–Crippen MR) is 249 cm³/mol. The number of hydrogen-bond acceptors (Lipinski definition) is 12. The Bertz CT molecular complexity index is 3190. The van der Waals surface area contributed by atoms with Gasteiger partial charge in [0.1, 0.15) is 45.5 Å². The van der Waals surface area contributed by atoms with E-state index in [9.17, 15) is 9.59 Å². The molecule has 9 aromatic rings. The van der Waals surface area contributed by atoms with E-state index in [0.29, 0.717) is 61.6 Å². The molecule has 4 N–H and O–H groups in total. The van der Waals surface area contributed by atoms with Crippen LogP contribution in [0.5, 0.6) is 0 Å². The molecular formula is C45H34Br3N9O4. The molecule has 0 aliphatic carbocycles. The lowest BCUT2D eigenvalue weighted by Crippen LogP contribution is -2.16. The van der Waals surface area contributed by atoms with Crippen molar-refractivity contribution in [1.29, 1.82) is 0 Å². The fraction of sp³-hybridized carbons (Fsp3) is 0.111. The van der Waals surface area contributed by atoms with Gasteiger partial charge in [0.25, 0.3) is 0 Å². The molecule has 0 unspecified atom stereocenters. The number of hydrogen-bond donors (Lipinski definition) is 3. The zero-order valence-electron chi connectivity index (χ0n) is 32.4. The van der Waals surface area contributed by atoms with Crippen LogP contribution in [-0.2, 0) is 6.42 Å². The van der Waals surface area contributed by atoms with E-state index in [1.807, 2.05) is 92.9 Å². The zero-order valence-corrected chi connectivity index (χ0v) is 37.2. The monoisotopic (exact) mass is 1000 g/mol. The molecule has 0 radical (unpaired) electrons. The molecule has 10 rings (SSSR count). The Labute approximate surface area is 373 Å². The van der Waals surface area contributed by atoms with Gasteiger partial charge in [0.2, 0.25) is 10.9 Å². The molecule has 1 aliphatic heterocycles. The number of nitrogens with zero attached hydrogens (tertiary/aromatic N) is 6. The van der Waals surface area contributed by atoms with Crippen LogP contribution in [0.15, 0.2) is 153 Å². The lowest BCUT2D eigenvalue weighted by Gasteiger charge is -2.18. The van der Waals surface area contributed by atoms with Crippen LogP contribution in [0.25, 0.3) is 55.4 Å². The number of H-pyrrole nitrogens is 1. The second-order valence-corrected chi connectivity index (χ2v) is 16.4. The van der Waals surface area contributed by atoms with Gasteiger partial charge >= 0.3 is 0 Å². The minimum atomic E-state index is -0.360. The van der Waals surface area contributed by atoms with Crippen molar-refractivity contribution < 1.29 is 8.83 Å². The molecule has 0 bridgehead atoms. The van der Waals surface area contributed by atoms with Crippen molar-refractivity contribution in [3.63, 3.8) is 0 Å². The third kappa shape index (κ3) is 8.84. The Morgan fingerprint density at radius 1 is 0.705 bits per heavy atom. The number of anilines is 1. The van der Waals surface area contributed by atoms with E-state index < -0.39 is 0 Å². The number of aromatic nitrogens is 6. The summed E-state index contributed by atoms with van der Waals surface area (Å²) in [5, 5.41) is 4.41. The van der Waals surface area contributed by atoms with Gasteiger partial charge in [0, 0.05) is 27.1 Å². The number of aromatic amines is 1. The van der Waals surface area contributed by atoms with Gasteiger partial charge in [-0.05, 0) is 77.3 Å². The molecule has 61 heavy (non-hydrogen) atoms. The van der Waals surface area contributed by atoms with Crippen LogP contribution in [-0.4, -0.2) is 36.1 Å². The number of benzene rings is 4. The first-order valence-corrected chi connectivity index (χ1v) is 21.3. The average molecular weight is 1000 g/mol. The van der Waals surface area contributed by atoms with Crippen LogP contribution in [0.1, 0.15) is 43.0 Å². The van der Waals surface area contributed by atoms with E-state index in [1.54, 1.807) is 30.6 Å². The normalized spacial score (nSPS) is 12.6. The van der Waals surface area contributed by atoms with Crippen LogP contribution >= 0.6 is 47.8 Å². The minimum Gasteiger partial charge on any atom is -0.459 e. The highest BCUT2D eigenvalue weighted by atomic mass is 79.9. The number of halogens is 3. The van der Waals surface area contributed by atoms with E-state index in [2.05, 4.69) is 88.0 Å². The number of fused-ring (bicyclic) bond motifs is 4. The molecule has 4 aromatic carbocycles. The fourth-order valence-electron chi connectivity index (χ4n) is 6.79. The Kier molecular flexibility index (Phi) is 12.4. The summed E-state index contributed by atoms with van der Waals surface area (Å²) in [4.78, 5) is 54.0. The van der Waals surface area contributed by atoms with Crippen LogP contribution in [0.3, 0.4) is 0 Å². The smallest absolute Gasteiger partial charge is 0.200 e. The molecule has 2 atom stereocenters. The van der Waals surface area contributed by atoms with E-state index in [4.69, 9.17) is 14.6 Å². The first-order valence-electron chi connectivity index (χ1n) is 18.9. The van der Waals surface area contributed by atoms with Crippen LogP contribution < -0.4 is 21.9 Å². The molecule has 5 aromatic heterocycles. The summed E-state index contributed by atoms with van der Waals surface area (Å²) in [5.74, 6) is 2.43. The van der Waals surface area contributed by atoms with Crippen LogP contribution in [0, 0.1) is 0 Å². The van der Waals surface area contributed by atoms with E-state index in [1.165, 1.54) is 12.7 Å². The first-order chi connectivity index (χ1) is 29.6. The number of imidazole rings is 1. The average Bonchev–Trinajstić information content (AvgIpc) is 3.97. The van der Waals surface area contributed by atoms with Gasteiger partial charge in [-0.15, -0.1) is 0 Å². The lowest BCUT2D eigenvalue weighted by molar-refractivity contribution is 0.503. The Morgan fingerprint density at radius 2 is 1.28 bits per heavy atom. The van der Waals surface area contributed by atoms with Crippen molar-refractivity contribution in [2.24, 2.45) is 10.7 Å². The number of nitrogens with two attached hydrogens (primary N) is 1. The quantitative estimate of drug-likeness (QED) is 0.134. The number of rotatable bonds is 6. The second kappa shape index (κ2) is 18.2. The highest BCUT2D eigenvalue weighted by Crippen LogP contribution is 2.33. The molecule has 0 amide bonds. The van der Waals surface area contributed by atoms with Crippen LogP contribution in [0.4, 0.5) is 11.6 Å². The summed E-state index contributed by atoms with van der Waals surface area (Å²) >= 11 is 10.1. The fourth-order valence-corrected chi connectivity index (χ4v) is 7.94. The van der Waals surface area contributed by atoms with Crippen molar-refractivity contribution >= 4 is 98.7 Å². The number of aliphatic imine (C=N–C) groups is 1. The molecule has 0 saturated heterocycles. The Balaban J connectivity index is 0.000000143. The summed E-state index contributed by atoms with van der Waals surface area (Å²) in [6.07, 6.45) is 7.20. The maximum Gasteiger partial charge on any atom is 0.200 e.